The summed E-state index contributed by atoms with van der Waals surface area (Å²) in [5.74, 6) is 0. The summed E-state index contributed by atoms with van der Waals surface area (Å²) in [4.78, 5) is 11.2. The minimum absolute atomic E-state index is 0.477. The van der Waals surface area contributed by atoms with Gasteiger partial charge in [0, 0.05) is 4.88 Å². The van der Waals surface area contributed by atoms with Crippen molar-refractivity contribution in [2.24, 2.45) is 0 Å². The molecule has 0 unspecified atom stereocenters. The molecular weight excluding hydrogens is 203 g/mol. The van der Waals surface area contributed by atoms with Crippen molar-refractivity contribution in [1.82, 2.24) is 0 Å². The summed E-state index contributed by atoms with van der Waals surface area (Å²) >= 11 is 12.1. The summed E-state index contributed by atoms with van der Waals surface area (Å²) in [5.41, 5.74) is 0. The second kappa shape index (κ2) is 3.90. The molecule has 4 heteroatoms. The maximum atomic E-state index is 10.3. The van der Waals surface area contributed by atoms with Gasteiger partial charge in [-0.05, 0) is 35.9 Å². The zero-order chi connectivity index (χ0) is 8.27. The van der Waals surface area contributed by atoms with Gasteiger partial charge in [0.2, 0.25) is 5.24 Å². The third kappa shape index (κ3) is 3.06. The van der Waals surface area contributed by atoms with E-state index in [1.165, 1.54) is 17.4 Å². The molecule has 0 fully saturated rings. The molecular formula is C7H4Cl2OS. The fourth-order valence-corrected chi connectivity index (χ4v) is 1.59. The average Bonchev–Trinajstić information content (AvgIpc) is 2.31. The SMILES string of the molecule is O=C(Cl)/C=C/c1ccc(Cl)s1. The number of carbonyl (C=O) groups excluding carboxylic acids is 1. The maximum absolute atomic E-state index is 10.3. The molecule has 1 aromatic heterocycles. The van der Waals surface area contributed by atoms with Crippen molar-refractivity contribution in [3.8, 4) is 0 Å². The monoisotopic (exact) mass is 206 g/mol. The molecule has 0 spiro atoms. The van der Waals surface area contributed by atoms with Gasteiger partial charge in [-0.1, -0.05) is 11.6 Å². The Labute approximate surface area is 78.2 Å². The molecule has 0 aromatic carbocycles. The third-order valence-corrected chi connectivity index (χ3v) is 2.30. The number of thiophene rings is 1. The Hall–Kier alpha value is -0.310. The number of hydrogen-bond donors (Lipinski definition) is 0. The number of allylic oxidation sites excluding steroid dienone is 1. The van der Waals surface area contributed by atoms with Gasteiger partial charge in [-0.15, -0.1) is 11.3 Å². The van der Waals surface area contributed by atoms with Crippen LogP contribution in [0.1, 0.15) is 4.88 Å². The van der Waals surface area contributed by atoms with Crippen LogP contribution in [0.2, 0.25) is 4.34 Å². The van der Waals surface area contributed by atoms with E-state index in [1.807, 2.05) is 6.07 Å². The van der Waals surface area contributed by atoms with Gasteiger partial charge in [0.25, 0.3) is 0 Å². The highest BCUT2D eigenvalue weighted by atomic mass is 35.5. The molecule has 1 nitrogen and oxygen atoms in total. The molecule has 0 aliphatic heterocycles. The Bertz CT molecular complexity index is 290. The first kappa shape index (κ1) is 8.78. The summed E-state index contributed by atoms with van der Waals surface area (Å²) in [6.07, 6.45) is 2.93. The van der Waals surface area contributed by atoms with Gasteiger partial charge in [0.15, 0.2) is 0 Å². The Morgan fingerprint density at radius 2 is 2.27 bits per heavy atom. The lowest BCUT2D eigenvalue weighted by molar-refractivity contribution is -0.107. The molecule has 58 valence electrons. The van der Waals surface area contributed by atoms with E-state index in [9.17, 15) is 4.79 Å². The van der Waals surface area contributed by atoms with Crippen molar-refractivity contribution in [3.05, 3.63) is 27.4 Å². The fourth-order valence-electron chi connectivity index (χ4n) is 0.566. The van der Waals surface area contributed by atoms with E-state index in [1.54, 1.807) is 12.1 Å². The van der Waals surface area contributed by atoms with Crippen LogP contribution in [0.5, 0.6) is 0 Å². The van der Waals surface area contributed by atoms with Gasteiger partial charge in [0.05, 0.1) is 4.34 Å². The Morgan fingerprint density at radius 1 is 1.55 bits per heavy atom. The smallest absolute Gasteiger partial charge is 0.245 e. The molecule has 0 saturated heterocycles. The first-order valence-electron chi connectivity index (χ1n) is 2.81. The standard InChI is InChI=1S/C7H4Cl2OS/c8-6(10)3-1-5-2-4-7(9)11-5/h1-4H/b3-1+. The van der Waals surface area contributed by atoms with Crippen LogP contribution in [-0.2, 0) is 4.79 Å². The summed E-state index contributed by atoms with van der Waals surface area (Å²) in [6, 6.07) is 3.59. The fraction of sp³-hybridized carbons (Fsp3) is 0. The predicted octanol–water partition coefficient (Wildman–Crippen LogP) is 3.18. The first-order chi connectivity index (χ1) is 5.18. The van der Waals surface area contributed by atoms with E-state index in [4.69, 9.17) is 23.2 Å². The summed E-state index contributed by atoms with van der Waals surface area (Å²) in [5, 5.41) is -0.477. The van der Waals surface area contributed by atoms with E-state index in [0.717, 1.165) is 4.88 Å². The van der Waals surface area contributed by atoms with Crippen LogP contribution >= 0.6 is 34.5 Å². The molecule has 0 bridgehead atoms. The number of rotatable bonds is 2. The summed E-state index contributed by atoms with van der Waals surface area (Å²) < 4.78 is 0.701. The topological polar surface area (TPSA) is 17.1 Å². The molecule has 0 aliphatic carbocycles. The van der Waals surface area contributed by atoms with E-state index in [0.29, 0.717) is 4.34 Å². The van der Waals surface area contributed by atoms with Crippen LogP contribution in [0, 0.1) is 0 Å². The Morgan fingerprint density at radius 3 is 2.73 bits per heavy atom. The predicted molar refractivity (Wildman–Crippen MR) is 49.2 cm³/mol. The van der Waals surface area contributed by atoms with E-state index < -0.39 is 5.24 Å². The lowest BCUT2D eigenvalue weighted by Crippen LogP contribution is -1.72. The van der Waals surface area contributed by atoms with Gasteiger partial charge < -0.3 is 0 Å². The van der Waals surface area contributed by atoms with Crippen molar-refractivity contribution in [1.29, 1.82) is 0 Å². The maximum Gasteiger partial charge on any atom is 0.245 e. The molecule has 0 radical (unpaired) electrons. The van der Waals surface area contributed by atoms with Crippen molar-refractivity contribution >= 4 is 45.9 Å². The summed E-state index contributed by atoms with van der Waals surface area (Å²) in [6.45, 7) is 0. The molecule has 1 rings (SSSR count). The van der Waals surface area contributed by atoms with Crippen LogP contribution in [0.25, 0.3) is 6.08 Å². The van der Waals surface area contributed by atoms with E-state index in [-0.39, 0.29) is 0 Å². The highest BCUT2D eigenvalue weighted by Crippen LogP contribution is 2.22. The molecule has 0 saturated carbocycles. The highest BCUT2D eigenvalue weighted by Gasteiger charge is 1.93. The third-order valence-electron chi connectivity index (χ3n) is 0.973. The molecule has 1 heterocycles. The highest BCUT2D eigenvalue weighted by molar-refractivity contribution is 7.17. The zero-order valence-corrected chi connectivity index (χ0v) is 7.71. The second-order valence-corrected chi connectivity index (χ2v) is 3.90. The molecule has 11 heavy (non-hydrogen) atoms. The molecule has 0 aliphatic rings. The number of halogens is 2. The Balaban J connectivity index is 2.71. The average molecular weight is 207 g/mol. The van der Waals surface area contributed by atoms with E-state index in [2.05, 4.69) is 0 Å². The lowest BCUT2D eigenvalue weighted by atomic mass is 10.4. The molecule has 0 amide bonds. The molecule has 0 atom stereocenters. The van der Waals surface area contributed by atoms with Gasteiger partial charge in [-0.3, -0.25) is 4.79 Å². The molecule has 0 N–H and O–H groups in total. The van der Waals surface area contributed by atoms with Crippen LogP contribution in [-0.4, -0.2) is 5.24 Å². The first-order valence-corrected chi connectivity index (χ1v) is 4.38. The van der Waals surface area contributed by atoms with Crippen molar-refractivity contribution in [2.45, 2.75) is 0 Å². The van der Waals surface area contributed by atoms with Crippen molar-refractivity contribution in [2.75, 3.05) is 0 Å². The van der Waals surface area contributed by atoms with Crippen molar-refractivity contribution < 1.29 is 4.79 Å². The largest absolute Gasteiger partial charge is 0.276 e. The van der Waals surface area contributed by atoms with Gasteiger partial charge in [-0.25, -0.2) is 0 Å². The zero-order valence-electron chi connectivity index (χ0n) is 5.38. The van der Waals surface area contributed by atoms with Gasteiger partial charge in [0.1, 0.15) is 0 Å². The molecule has 1 aromatic rings. The number of hydrogen-bond acceptors (Lipinski definition) is 2. The quantitative estimate of drug-likeness (QED) is 0.537. The van der Waals surface area contributed by atoms with Crippen LogP contribution < -0.4 is 0 Å². The normalized spacial score (nSPS) is 10.7. The Kier molecular flexibility index (Phi) is 3.12. The minimum Gasteiger partial charge on any atom is -0.276 e. The lowest BCUT2D eigenvalue weighted by Gasteiger charge is -1.78. The second-order valence-electron chi connectivity index (χ2n) is 1.78. The van der Waals surface area contributed by atoms with Crippen LogP contribution in [0.4, 0.5) is 0 Å². The van der Waals surface area contributed by atoms with Gasteiger partial charge in [-0.2, -0.15) is 0 Å². The number of carbonyl (C=O) groups is 1. The van der Waals surface area contributed by atoms with Gasteiger partial charge >= 0.3 is 0 Å². The van der Waals surface area contributed by atoms with Crippen LogP contribution in [0.15, 0.2) is 18.2 Å². The van der Waals surface area contributed by atoms with Crippen molar-refractivity contribution in [3.63, 3.8) is 0 Å². The summed E-state index contributed by atoms with van der Waals surface area (Å²) in [7, 11) is 0. The van der Waals surface area contributed by atoms with Crippen LogP contribution in [0.3, 0.4) is 0 Å². The minimum atomic E-state index is -0.477. The van der Waals surface area contributed by atoms with E-state index >= 15 is 0 Å².